The first kappa shape index (κ1) is 27.7. The molecule has 0 bridgehead atoms. The monoisotopic (exact) mass is 473 g/mol. The van der Waals surface area contributed by atoms with Crippen LogP contribution < -0.4 is 27.0 Å². The number of hydrogen-bond acceptors (Lipinski definition) is 7. The number of nitrogens with two attached hydrogens (primary N) is 1. The highest BCUT2D eigenvalue weighted by molar-refractivity contribution is 7.98. The Bertz CT molecular complexity index is 685. The van der Waals surface area contributed by atoms with Gasteiger partial charge in [0, 0.05) is 0 Å². The summed E-state index contributed by atoms with van der Waals surface area (Å²) in [5.74, 6) is -3.60. The Morgan fingerprint density at radius 1 is 1.12 bits per heavy atom. The van der Waals surface area contributed by atoms with Gasteiger partial charge in [-0.15, -0.1) is 0 Å². The highest BCUT2D eigenvalue weighted by Gasteiger charge is 2.33. The third-order valence-electron chi connectivity index (χ3n) is 5.44. The van der Waals surface area contributed by atoms with E-state index in [1.54, 1.807) is 13.8 Å². The molecule has 11 nitrogen and oxygen atoms in total. The highest BCUT2D eigenvalue weighted by Crippen LogP contribution is 2.10. The molecule has 1 aliphatic rings. The predicted octanol–water partition coefficient (Wildman–Crippen LogP) is -1.05. The average Bonchev–Trinajstić information content (AvgIpc) is 3.28. The molecule has 0 saturated carbocycles. The topological polar surface area (TPSA) is 180 Å². The normalized spacial score (nSPS) is 19.3. The van der Waals surface area contributed by atoms with Crippen LogP contribution in [0.15, 0.2) is 0 Å². The van der Waals surface area contributed by atoms with Crippen molar-refractivity contribution in [3.63, 3.8) is 0 Å². The van der Waals surface area contributed by atoms with Crippen molar-refractivity contribution in [3.05, 3.63) is 0 Å². The van der Waals surface area contributed by atoms with Gasteiger partial charge in [-0.25, -0.2) is 4.79 Å². The summed E-state index contributed by atoms with van der Waals surface area (Å²) < 4.78 is 0. The zero-order valence-electron chi connectivity index (χ0n) is 18.8. The summed E-state index contributed by atoms with van der Waals surface area (Å²) in [6.07, 6.45) is 3.71. The Kier molecular flexibility index (Phi) is 12.1. The molecule has 0 spiro atoms. The summed E-state index contributed by atoms with van der Waals surface area (Å²) in [5.41, 5.74) is 5.24. The maximum Gasteiger partial charge on any atom is 0.326 e. The molecular formula is C20H35N5O6S. The van der Waals surface area contributed by atoms with E-state index in [0.717, 1.165) is 13.0 Å². The van der Waals surface area contributed by atoms with E-state index in [2.05, 4.69) is 21.3 Å². The second kappa shape index (κ2) is 13.9. The fourth-order valence-electron chi connectivity index (χ4n) is 3.30. The minimum atomic E-state index is -1.36. The summed E-state index contributed by atoms with van der Waals surface area (Å²) in [6.45, 7) is 4.18. The van der Waals surface area contributed by atoms with Gasteiger partial charge in [-0.2, -0.15) is 11.8 Å². The van der Waals surface area contributed by atoms with Crippen LogP contribution in [0, 0.1) is 5.92 Å². The van der Waals surface area contributed by atoms with Crippen molar-refractivity contribution in [2.45, 2.75) is 70.1 Å². The Hall–Kier alpha value is -2.34. The van der Waals surface area contributed by atoms with Crippen molar-refractivity contribution < 1.29 is 29.1 Å². The van der Waals surface area contributed by atoms with Crippen LogP contribution in [0.5, 0.6) is 0 Å². The number of hydrogen-bond donors (Lipinski definition) is 6. The number of aliphatic carboxylic acids is 1. The molecule has 5 atom stereocenters. The second-order valence-corrected chi connectivity index (χ2v) is 8.92. The molecule has 0 aromatic rings. The molecule has 1 fully saturated rings. The molecule has 32 heavy (non-hydrogen) atoms. The number of carbonyl (C=O) groups is 5. The van der Waals surface area contributed by atoms with Gasteiger partial charge in [-0.1, -0.05) is 20.3 Å². The number of amides is 4. The lowest BCUT2D eigenvalue weighted by Crippen LogP contribution is -2.58. The molecule has 182 valence electrons. The Morgan fingerprint density at radius 3 is 2.28 bits per heavy atom. The molecule has 0 radical (unpaired) electrons. The molecule has 1 aliphatic heterocycles. The maximum atomic E-state index is 12.9. The van der Waals surface area contributed by atoms with Gasteiger partial charge < -0.3 is 32.1 Å². The fraction of sp³-hybridized carbons (Fsp3) is 0.750. The number of carbonyl (C=O) groups excluding carboxylic acids is 4. The standard InChI is InChI=1S/C20H35N5O6S/c1-4-11(2)16(20(30)31)25-19(29)14(10-15(21)26)24-18(28)13(7-9-32-3)23-17(27)12-6-5-8-22-12/h11-14,16,22H,4-10H2,1-3H3,(H2,21,26)(H,23,27)(H,24,28)(H,25,29)(H,30,31). The Morgan fingerprint density at radius 2 is 1.78 bits per heavy atom. The molecule has 1 rings (SSSR count). The van der Waals surface area contributed by atoms with E-state index < -0.39 is 48.2 Å². The van der Waals surface area contributed by atoms with E-state index >= 15 is 0 Å². The number of rotatable bonds is 14. The largest absolute Gasteiger partial charge is 0.480 e. The van der Waals surface area contributed by atoms with Gasteiger partial charge in [0.2, 0.25) is 23.6 Å². The van der Waals surface area contributed by atoms with Crippen LogP contribution in [0.4, 0.5) is 0 Å². The van der Waals surface area contributed by atoms with E-state index in [4.69, 9.17) is 5.73 Å². The second-order valence-electron chi connectivity index (χ2n) is 7.93. The predicted molar refractivity (Wildman–Crippen MR) is 121 cm³/mol. The van der Waals surface area contributed by atoms with E-state index in [1.165, 1.54) is 11.8 Å². The molecule has 12 heteroatoms. The zero-order valence-corrected chi connectivity index (χ0v) is 19.6. The quantitative estimate of drug-likeness (QED) is 0.185. The Balaban J connectivity index is 2.92. The van der Waals surface area contributed by atoms with Crippen molar-refractivity contribution in [2.24, 2.45) is 11.7 Å². The van der Waals surface area contributed by atoms with Crippen LogP contribution in [-0.4, -0.2) is 77.4 Å². The summed E-state index contributed by atoms with van der Waals surface area (Å²) in [4.78, 5) is 61.1. The molecule has 0 aromatic heterocycles. The molecule has 0 aromatic carbocycles. The lowest BCUT2D eigenvalue weighted by atomic mass is 9.98. The zero-order chi connectivity index (χ0) is 24.3. The van der Waals surface area contributed by atoms with E-state index in [1.807, 2.05) is 6.26 Å². The van der Waals surface area contributed by atoms with Crippen LogP contribution in [0.25, 0.3) is 0 Å². The number of carboxylic acid groups (broad SMARTS) is 1. The van der Waals surface area contributed by atoms with Gasteiger partial charge in [0.25, 0.3) is 0 Å². The lowest BCUT2D eigenvalue weighted by Gasteiger charge is -2.26. The van der Waals surface area contributed by atoms with Crippen LogP contribution in [0.1, 0.15) is 46.0 Å². The smallest absolute Gasteiger partial charge is 0.326 e. The molecule has 7 N–H and O–H groups in total. The summed E-state index contributed by atoms with van der Waals surface area (Å²) in [5, 5.41) is 20.0. The molecule has 1 heterocycles. The van der Waals surface area contributed by atoms with Crippen LogP contribution in [-0.2, 0) is 24.0 Å². The summed E-state index contributed by atoms with van der Waals surface area (Å²) >= 11 is 1.49. The summed E-state index contributed by atoms with van der Waals surface area (Å²) in [6, 6.07) is -3.83. The molecule has 5 unspecified atom stereocenters. The molecule has 1 saturated heterocycles. The molecule has 4 amide bonds. The van der Waals surface area contributed by atoms with Crippen molar-refractivity contribution in [2.75, 3.05) is 18.6 Å². The van der Waals surface area contributed by atoms with Gasteiger partial charge in [-0.05, 0) is 43.7 Å². The third-order valence-corrected chi connectivity index (χ3v) is 6.08. The number of primary amides is 1. The maximum absolute atomic E-state index is 12.9. The number of thioether (sulfide) groups is 1. The van der Waals surface area contributed by atoms with Crippen LogP contribution in [0.3, 0.4) is 0 Å². The van der Waals surface area contributed by atoms with E-state index in [9.17, 15) is 29.1 Å². The first-order chi connectivity index (χ1) is 15.1. The molecular weight excluding hydrogens is 438 g/mol. The van der Waals surface area contributed by atoms with Gasteiger partial charge >= 0.3 is 5.97 Å². The van der Waals surface area contributed by atoms with Gasteiger partial charge in [0.1, 0.15) is 18.1 Å². The van der Waals surface area contributed by atoms with Gasteiger partial charge in [0.15, 0.2) is 0 Å². The SMILES string of the molecule is CCC(C)C(NC(=O)C(CC(N)=O)NC(=O)C(CCSC)NC(=O)C1CCCN1)C(=O)O. The van der Waals surface area contributed by atoms with Gasteiger partial charge in [-0.3, -0.25) is 19.2 Å². The van der Waals surface area contributed by atoms with E-state index in [0.29, 0.717) is 25.0 Å². The first-order valence-corrected chi connectivity index (χ1v) is 12.1. The number of nitrogens with one attached hydrogen (secondary N) is 4. The van der Waals surface area contributed by atoms with Crippen molar-refractivity contribution in [3.8, 4) is 0 Å². The minimum Gasteiger partial charge on any atom is -0.480 e. The number of carboxylic acids is 1. The Labute approximate surface area is 192 Å². The van der Waals surface area contributed by atoms with Crippen LogP contribution in [0.2, 0.25) is 0 Å². The minimum absolute atomic E-state index is 0.303. The van der Waals surface area contributed by atoms with Crippen LogP contribution >= 0.6 is 11.8 Å². The first-order valence-electron chi connectivity index (χ1n) is 10.7. The van der Waals surface area contributed by atoms with Gasteiger partial charge in [0.05, 0.1) is 12.5 Å². The van der Waals surface area contributed by atoms with Crippen molar-refractivity contribution in [1.82, 2.24) is 21.3 Å². The fourth-order valence-corrected chi connectivity index (χ4v) is 3.78. The summed E-state index contributed by atoms with van der Waals surface area (Å²) in [7, 11) is 0. The average molecular weight is 474 g/mol. The third kappa shape index (κ3) is 9.03. The van der Waals surface area contributed by atoms with E-state index in [-0.39, 0.29) is 17.9 Å². The van der Waals surface area contributed by atoms with Crippen molar-refractivity contribution >= 4 is 41.4 Å². The highest BCUT2D eigenvalue weighted by atomic mass is 32.2. The van der Waals surface area contributed by atoms with Crippen molar-refractivity contribution in [1.29, 1.82) is 0 Å². The lowest BCUT2D eigenvalue weighted by molar-refractivity contribution is -0.144. The molecule has 0 aliphatic carbocycles.